The molecule has 0 spiro atoms. The molecule has 2 nitrogen and oxygen atoms in total. The molecule has 0 unspecified atom stereocenters. The van der Waals surface area contributed by atoms with E-state index in [4.69, 9.17) is 11.6 Å². The number of hydrogen-bond donors (Lipinski definition) is 0. The van der Waals surface area contributed by atoms with Gasteiger partial charge in [0, 0.05) is 5.02 Å². The van der Waals surface area contributed by atoms with Crippen LogP contribution in [0.15, 0.2) is 23.2 Å². The summed E-state index contributed by atoms with van der Waals surface area (Å²) in [7, 11) is 0. The van der Waals surface area contributed by atoms with Crippen molar-refractivity contribution in [1.82, 2.24) is 0 Å². The molecule has 72 valence electrons. The van der Waals surface area contributed by atoms with Gasteiger partial charge in [-0.1, -0.05) is 17.7 Å². The standard InChI is InChI=1S/C11H10ClNO/c1-8-6-9(12)2-3-10(8)11(4-5-11)13-7-14/h2-3,6H,4-5H2,1H3. The van der Waals surface area contributed by atoms with Crippen molar-refractivity contribution in [1.29, 1.82) is 0 Å². The van der Waals surface area contributed by atoms with Crippen LogP contribution in [0.3, 0.4) is 0 Å². The average Bonchev–Trinajstić information content (AvgIpc) is 2.86. The summed E-state index contributed by atoms with van der Waals surface area (Å²) >= 11 is 5.86. The average molecular weight is 208 g/mol. The summed E-state index contributed by atoms with van der Waals surface area (Å²) < 4.78 is 0. The number of rotatable bonds is 2. The molecule has 0 bridgehead atoms. The molecule has 1 aromatic carbocycles. The fraction of sp³-hybridized carbons (Fsp3) is 0.364. The van der Waals surface area contributed by atoms with E-state index in [1.54, 1.807) is 6.08 Å². The summed E-state index contributed by atoms with van der Waals surface area (Å²) in [5.74, 6) is 0. The molecule has 0 saturated heterocycles. The van der Waals surface area contributed by atoms with Crippen molar-refractivity contribution in [2.45, 2.75) is 25.3 Å². The Morgan fingerprint density at radius 1 is 1.50 bits per heavy atom. The normalized spacial score (nSPS) is 17.3. The first-order chi connectivity index (χ1) is 6.68. The molecule has 1 fully saturated rings. The van der Waals surface area contributed by atoms with Crippen LogP contribution < -0.4 is 0 Å². The summed E-state index contributed by atoms with van der Waals surface area (Å²) in [6.45, 7) is 1.99. The van der Waals surface area contributed by atoms with Gasteiger partial charge in [-0.15, -0.1) is 0 Å². The summed E-state index contributed by atoms with van der Waals surface area (Å²) in [5.41, 5.74) is 1.91. The first kappa shape index (κ1) is 9.45. The molecule has 1 aromatic rings. The van der Waals surface area contributed by atoms with E-state index >= 15 is 0 Å². The Morgan fingerprint density at radius 3 is 2.71 bits per heavy atom. The molecule has 0 amide bonds. The zero-order valence-corrected chi connectivity index (χ0v) is 8.64. The number of isocyanates is 1. The van der Waals surface area contributed by atoms with E-state index in [0.29, 0.717) is 0 Å². The number of halogens is 1. The zero-order chi connectivity index (χ0) is 10.2. The van der Waals surface area contributed by atoms with E-state index in [1.165, 1.54) is 0 Å². The molecule has 0 heterocycles. The van der Waals surface area contributed by atoms with Gasteiger partial charge < -0.3 is 0 Å². The van der Waals surface area contributed by atoms with Crippen LogP contribution in [0.1, 0.15) is 24.0 Å². The van der Waals surface area contributed by atoms with Crippen LogP contribution in [0.5, 0.6) is 0 Å². The molecule has 1 aliphatic carbocycles. The molecule has 14 heavy (non-hydrogen) atoms. The SMILES string of the molecule is Cc1cc(Cl)ccc1C1(N=C=O)CC1. The van der Waals surface area contributed by atoms with Gasteiger partial charge in [-0.25, -0.2) is 4.79 Å². The minimum atomic E-state index is -0.281. The lowest BCUT2D eigenvalue weighted by atomic mass is 10.00. The number of benzene rings is 1. The Hall–Kier alpha value is -1.11. The molecule has 3 heteroatoms. The highest BCUT2D eigenvalue weighted by Gasteiger charge is 2.45. The van der Waals surface area contributed by atoms with Crippen LogP contribution in [0.2, 0.25) is 5.02 Å². The van der Waals surface area contributed by atoms with Crippen molar-refractivity contribution in [3.05, 3.63) is 34.3 Å². The molecule has 0 aromatic heterocycles. The maximum Gasteiger partial charge on any atom is 0.235 e. The fourth-order valence-electron chi connectivity index (χ4n) is 1.80. The third-order valence-corrected chi connectivity index (χ3v) is 2.91. The van der Waals surface area contributed by atoms with E-state index in [-0.39, 0.29) is 5.54 Å². The number of nitrogens with zero attached hydrogens (tertiary/aromatic N) is 1. The number of hydrogen-bond acceptors (Lipinski definition) is 2. The van der Waals surface area contributed by atoms with E-state index < -0.39 is 0 Å². The minimum absolute atomic E-state index is 0.281. The molecule has 0 N–H and O–H groups in total. The van der Waals surface area contributed by atoms with Gasteiger partial charge in [-0.2, -0.15) is 4.99 Å². The molecule has 2 rings (SSSR count). The van der Waals surface area contributed by atoms with Gasteiger partial charge in [-0.3, -0.25) is 0 Å². The smallest absolute Gasteiger partial charge is 0.211 e. The number of aryl methyl sites for hydroxylation is 1. The maximum atomic E-state index is 10.3. The second-order valence-corrected chi connectivity index (χ2v) is 4.13. The van der Waals surface area contributed by atoms with Crippen LogP contribution in [-0.2, 0) is 10.3 Å². The number of carbonyl (C=O) groups excluding carboxylic acids is 1. The highest BCUT2D eigenvalue weighted by atomic mass is 35.5. The Kier molecular flexibility index (Phi) is 2.18. The van der Waals surface area contributed by atoms with E-state index in [0.717, 1.165) is 29.0 Å². The maximum absolute atomic E-state index is 10.3. The monoisotopic (exact) mass is 207 g/mol. The van der Waals surface area contributed by atoms with Gasteiger partial charge in [0.05, 0.1) is 5.54 Å². The summed E-state index contributed by atoms with van der Waals surface area (Å²) in [5, 5.41) is 0.720. The number of aliphatic imine (C=N–C) groups is 1. The second-order valence-electron chi connectivity index (χ2n) is 3.69. The second kappa shape index (κ2) is 3.23. The Balaban J connectivity index is 2.47. The van der Waals surface area contributed by atoms with Crippen molar-refractivity contribution in [3.8, 4) is 0 Å². The minimum Gasteiger partial charge on any atom is -0.211 e. The molecule has 1 aliphatic rings. The molecule has 0 atom stereocenters. The zero-order valence-electron chi connectivity index (χ0n) is 7.88. The largest absolute Gasteiger partial charge is 0.235 e. The van der Waals surface area contributed by atoms with Crippen molar-refractivity contribution < 1.29 is 4.79 Å². The third kappa shape index (κ3) is 1.47. The Morgan fingerprint density at radius 2 is 2.21 bits per heavy atom. The molecular formula is C11H10ClNO. The lowest BCUT2D eigenvalue weighted by Gasteiger charge is -2.11. The summed E-state index contributed by atoms with van der Waals surface area (Å²) in [6.07, 6.45) is 3.52. The quantitative estimate of drug-likeness (QED) is 0.542. The third-order valence-electron chi connectivity index (χ3n) is 2.67. The van der Waals surface area contributed by atoms with Gasteiger partial charge in [0.25, 0.3) is 0 Å². The van der Waals surface area contributed by atoms with Crippen LogP contribution in [0.4, 0.5) is 0 Å². The molecule has 0 aliphatic heterocycles. The van der Waals surface area contributed by atoms with Crippen molar-refractivity contribution in [2.24, 2.45) is 4.99 Å². The highest BCUT2D eigenvalue weighted by Crippen LogP contribution is 2.50. The Labute approximate surface area is 87.6 Å². The van der Waals surface area contributed by atoms with Crippen molar-refractivity contribution in [2.75, 3.05) is 0 Å². The molecule has 0 radical (unpaired) electrons. The van der Waals surface area contributed by atoms with Crippen LogP contribution >= 0.6 is 11.6 Å². The van der Waals surface area contributed by atoms with Crippen LogP contribution in [0, 0.1) is 6.92 Å². The van der Waals surface area contributed by atoms with Gasteiger partial charge in [0.1, 0.15) is 0 Å². The van der Waals surface area contributed by atoms with Gasteiger partial charge >= 0.3 is 0 Å². The predicted octanol–water partition coefficient (Wildman–Crippen LogP) is 2.97. The van der Waals surface area contributed by atoms with Crippen molar-refractivity contribution >= 4 is 17.7 Å². The van der Waals surface area contributed by atoms with Crippen molar-refractivity contribution in [3.63, 3.8) is 0 Å². The van der Waals surface area contributed by atoms with Crippen LogP contribution in [-0.4, -0.2) is 6.08 Å². The van der Waals surface area contributed by atoms with Crippen LogP contribution in [0.25, 0.3) is 0 Å². The first-order valence-corrected chi connectivity index (χ1v) is 4.91. The summed E-state index contributed by atoms with van der Waals surface area (Å²) in [4.78, 5) is 14.2. The topological polar surface area (TPSA) is 29.4 Å². The van der Waals surface area contributed by atoms with E-state index in [1.807, 2.05) is 25.1 Å². The van der Waals surface area contributed by atoms with E-state index in [2.05, 4.69) is 4.99 Å². The van der Waals surface area contributed by atoms with Gasteiger partial charge in [0.2, 0.25) is 6.08 Å². The molecular weight excluding hydrogens is 198 g/mol. The van der Waals surface area contributed by atoms with Gasteiger partial charge in [-0.05, 0) is 43.0 Å². The first-order valence-electron chi connectivity index (χ1n) is 4.54. The fourth-order valence-corrected chi connectivity index (χ4v) is 2.02. The van der Waals surface area contributed by atoms with E-state index in [9.17, 15) is 4.79 Å². The highest BCUT2D eigenvalue weighted by molar-refractivity contribution is 6.30. The lowest BCUT2D eigenvalue weighted by Crippen LogP contribution is -2.04. The predicted molar refractivity (Wildman–Crippen MR) is 55.2 cm³/mol. The lowest BCUT2D eigenvalue weighted by molar-refractivity contribution is 0.556. The molecule has 1 saturated carbocycles. The van der Waals surface area contributed by atoms with Gasteiger partial charge in [0.15, 0.2) is 0 Å². The summed E-state index contributed by atoms with van der Waals surface area (Å²) in [6, 6.07) is 5.69. The Bertz CT molecular complexity index is 417.